The standard InChI is InChI=1S/C22H27N5O3/c1-13(2)22(5,18-26-19(30-27-18)21(3,4)10-17(28)29)16-8-6-14(7-9-16)15-11-24-20(23)25-12-15/h6-9,11-13H,10H2,1-5H3,(H,28,29)(H2,23,24,25). The number of carboxylic acid groups (broad SMARTS) is 1. The van der Waals surface area contributed by atoms with Crippen LogP contribution in [-0.2, 0) is 15.6 Å². The normalized spacial score (nSPS) is 13.9. The highest BCUT2D eigenvalue weighted by Gasteiger charge is 2.39. The van der Waals surface area contributed by atoms with Crippen LogP contribution in [0.25, 0.3) is 11.1 Å². The lowest BCUT2D eigenvalue weighted by Crippen LogP contribution is -2.32. The molecule has 0 aliphatic heterocycles. The van der Waals surface area contributed by atoms with E-state index in [4.69, 9.17) is 10.3 Å². The number of benzene rings is 1. The third kappa shape index (κ3) is 4.03. The molecule has 0 bridgehead atoms. The topological polar surface area (TPSA) is 128 Å². The van der Waals surface area contributed by atoms with Gasteiger partial charge in [0, 0.05) is 18.0 Å². The number of nitrogens with zero attached hydrogens (tertiary/aromatic N) is 4. The number of carboxylic acids is 1. The summed E-state index contributed by atoms with van der Waals surface area (Å²) in [7, 11) is 0. The molecule has 1 atom stereocenters. The first-order valence-corrected chi connectivity index (χ1v) is 9.79. The Morgan fingerprint density at radius 3 is 2.23 bits per heavy atom. The minimum Gasteiger partial charge on any atom is -0.481 e. The smallest absolute Gasteiger partial charge is 0.304 e. The molecule has 3 aromatic rings. The number of anilines is 1. The van der Waals surface area contributed by atoms with Gasteiger partial charge >= 0.3 is 5.97 Å². The zero-order chi connectivity index (χ0) is 22.1. The lowest BCUT2D eigenvalue weighted by Gasteiger charge is -2.31. The lowest BCUT2D eigenvalue weighted by atomic mass is 9.72. The minimum atomic E-state index is -0.909. The Morgan fingerprint density at radius 2 is 1.70 bits per heavy atom. The number of aromatic nitrogens is 4. The molecule has 0 radical (unpaired) electrons. The van der Waals surface area contributed by atoms with Crippen LogP contribution < -0.4 is 5.73 Å². The van der Waals surface area contributed by atoms with Gasteiger partial charge in [-0.2, -0.15) is 4.98 Å². The Hall–Kier alpha value is -3.29. The van der Waals surface area contributed by atoms with Crippen LogP contribution in [0, 0.1) is 5.92 Å². The maximum Gasteiger partial charge on any atom is 0.304 e. The van der Waals surface area contributed by atoms with Crippen molar-refractivity contribution in [3.05, 3.63) is 53.9 Å². The SMILES string of the molecule is CC(C)C(C)(c1ccc(-c2cnc(N)nc2)cc1)c1noc(C(C)(C)CC(=O)O)n1. The van der Waals surface area contributed by atoms with Crippen molar-refractivity contribution < 1.29 is 14.4 Å². The van der Waals surface area contributed by atoms with E-state index in [1.165, 1.54) is 0 Å². The van der Waals surface area contributed by atoms with Crippen LogP contribution in [0.3, 0.4) is 0 Å². The zero-order valence-electron chi connectivity index (χ0n) is 17.9. The maximum atomic E-state index is 11.2. The molecular weight excluding hydrogens is 382 g/mol. The van der Waals surface area contributed by atoms with Gasteiger partial charge in [-0.15, -0.1) is 0 Å². The molecule has 0 amide bonds. The highest BCUT2D eigenvalue weighted by Crippen LogP contribution is 2.39. The van der Waals surface area contributed by atoms with Crippen LogP contribution in [0.4, 0.5) is 5.95 Å². The summed E-state index contributed by atoms with van der Waals surface area (Å²) in [6, 6.07) is 8.06. The molecule has 0 saturated heterocycles. The van der Waals surface area contributed by atoms with Crippen molar-refractivity contribution in [2.24, 2.45) is 5.92 Å². The van der Waals surface area contributed by atoms with Gasteiger partial charge in [-0.3, -0.25) is 4.79 Å². The van der Waals surface area contributed by atoms with Crippen molar-refractivity contribution in [3.63, 3.8) is 0 Å². The molecule has 0 saturated carbocycles. The zero-order valence-corrected chi connectivity index (χ0v) is 17.9. The van der Waals surface area contributed by atoms with Crippen LogP contribution in [-0.4, -0.2) is 31.2 Å². The molecule has 8 heteroatoms. The molecule has 3 N–H and O–H groups in total. The number of hydrogen-bond donors (Lipinski definition) is 2. The van der Waals surface area contributed by atoms with Crippen LogP contribution in [0.5, 0.6) is 0 Å². The molecule has 3 rings (SSSR count). The number of rotatable bonds is 7. The molecule has 0 aliphatic carbocycles. The predicted molar refractivity (Wildman–Crippen MR) is 113 cm³/mol. The van der Waals surface area contributed by atoms with E-state index in [1.807, 2.05) is 24.3 Å². The number of carbonyl (C=O) groups is 1. The average molecular weight is 409 g/mol. The molecule has 0 aliphatic rings. The van der Waals surface area contributed by atoms with Gasteiger partial charge in [0.05, 0.1) is 17.3 Å². The summed E-state index contributed by atoms with van der Waals surface area (Å²) in [5, 5.41) is 13.4. The quantitative estimate of drug-likeness (QED) is 0.602. The third-order valence-electron chi connectivity index (χ3n) is 5.71. The fraction of sp³-hybridized carbons (Fsp3) is 0.409. The summed E-state index contributed by atoms with van der Waals surface area (Å²) < 4.78 is 5.50. The summed E-state index contributed by atoms with van der Waals surface area (Å²) in [6.07, 6.45) is 3.29. The van der Waals surface area contributed by atoms with Crippen LogP contribution in [0.1, 0.15) is 58.3 Å². The number of aliphatic carboxylic acids is 1. The molecular formula is C22H27N5O3. The molecule has 8 nitrogen and oxygen atoms in total. The monoisotopic (exact) mass is 409 g/mol. The van der Waals surface area contributed by atoms with Crippen molar-refractivity contribution in [2.75, 3.05) is 5.73 Å². The fourth-order valence-corrected chi connectivity index (χ4v) is 3.38. The first-order valence-electron chi connectivity index (χ1n) is 9.79. The van der Waals surface area contributed by atoms with Crippen LogP contribution >= 0.6 is 0 Å². The van der Waals surface area contributed by atoms with E-state index >= 15 is 0 Å². The molecule has 2 heterocycles. The first-order chi connectivity index (χ1) is 14.0. The van der Waals surface area contributed by atoms with Gasteiger partial charge in [-0.25, -0.2) is 9.97 Å². The molecule has 2 aromatic heterocycles. The van der Waals surface area contributed by atoms with E-state index < -0.39 is 16.8 Å². The summed E-state index contributed by atoms with van der Waals surface area (Å²) >= 11 is 0. The van der Waals surface area contributed by atoms with E-state index in [1.54, 1.807) is 26.2 Å². The molecule has 158 valence electrons. The Bertz CT molecular complexity index is 1030. The van der Waals surface area contributed by atoms with Gasteiger partial charge in [0.1, 0.15) is 0 Å². The predicted octanol–water partition coefficient (Wildman–Crippen LogP) is 3.82. The van der Waals surface area contributed by atoms with Gasteiger partial charge in [-0.05, 0) is 24.0 Å². The van der Waals surface area contributed by atoms with Crippen LogP contribution in [0.2, 0.25) is 0 Å². The van der Waals surface area contributed by atoms with Gasteiger partial charge in [0.2, 0.25) is 11.8 Å². The number of nitrogens with two attached hydrogens (primary N) is 1. The summed E-state index contributed by atoms with van der Waals surface area (Å²) in [6.45, 7) is 9.83. The third-order valence-corrected chi connectivity index (χ3v) is 5.71. The Kier molecular flexibility index (Phi) is 5.61. The largest absolute Gasteiger partial charge is 0.481 e. The second-order valence-electron chi connectivity index (χ2n) is 8.64. The minimum absolute atomic E-state index is 0.0919. The second-order valence-corrected chi connectivity index (χ2v) is 8.64. The highest BCUT2D eigenvalue weighted by molar-refractivity contribution is 5.68. The number of nitrogen functional groups attached to an aromatic ring is 1. The second kappa shape index (κ2) is 7.85. The summed E-state index contributed by atoms with van der Waals surface area (Å²) in [5.74, 6) is 0.350. The van der Waals surface area contributed by atoms with E-state index in [-0.39, 0.29) is 18.3 Å². The fourth-order valence-electron chi connectivity index (χ4n) is 3.38. The van der Waals surface area contributed by atoms with E-state index in [0.29, 0.717) is 11.7 Å². The first kappa shape index (κ1) is 21.4. The van der Waals surface area contributed by atoms with Crippen LogP contribution in [0.15, 0.2) is 41.2 Å². The Labute approximate surface area is 175 Å². The average Bonchev–Trinajstić information content (AvgIpc) is 3.19. The highest BCUT2D eigenvalue weighted by atomic mass is 16.5. The molecule has 1 aromatic carbocycles. The molecule has 1 unspecified atom stereocenters. The molecule has 30 heavy (non-hydrogen) atoms. The molecule has 0 spiro atoms. The van der Waals surface area contributed by atoms with Crippen molar-refractivity contribution in [2.45, 2.75) is 51.9 Å². The van der Waals surface area contributed by atoms with Gasteiger partial charge < -0.3 is 15.4 Å². The lowest BCUT2D eigenvalue weighted by molar-refractivity contribution is -0.138. The van der Waals surface area contributed by atoms with Gasteiger partial charge in [0.15, 0.2) is 5.82 Å². The Morgan fingerprint density at radius 1 is 1.10 bits per heavy atom. The summed E-state index contributed by atoms with van der Waals surface area (Å²) in [5.41, 5.74) is 7.17. The van der Waals surface area contributed by atoms with E-state index in [0.717, 1.165) is 16.7 Å². The molecule has 0 fully saturated rings. The Balaban J connectivity index is 1.97. The van der Waals surface area contributed by atoms with Crippen molar-refractivity contribution in [1.29, 1.82) is 0 Å². The maximum absolute atomic E-state index is 11.2. The van der Waals surface area contributed by atoms with Crippen molar-refractivity contribution in [3.8, 4) is 11.1 Å². The van der Waals surface area contributed by atoms with E-state index in [2.05, 4.69) is 40.9 Å². The van der Waals surface area contributed by atoms with E-state index in [9.17, 15) is 9.90 Å². The number of hydrogen-bond acceptors (Lipinski definition) is 7. The van der Waals surface area contributed by atoms with Gasteiger partial charge in [-0.1, -0.05) is 57.1 Å². The van der Waals surface area contributed by atoms with Gasteiger partial charge in [0.25, 0.3) is 0 Å². The summed E-state index contributed by atoms with van der Waals surface area (Å²) in [4.78, 5) is 23.9. The van der Waals surface area contributed by atoms with Crippen molar-refractivity contribution in [1.82, 2.24) is 20.1 Å². The van der Waals surface area contributed by atoms with Crippen molar-refractivity contribution >= 4 is 11.9 Å².